The highest BCUT2D eigenvalue weighted by Gasteiger charge is 2.09. The third-order valence-electron chi connectivity index (χ3n) is 3.75. The minimum absolute atomic E-state index is 0.220. The fourth-order valence-electron chi connectivity index (χ4n) is 2.33. The highest BCUT2D eigenvalue weighted by molar-refractivity contribution is 6.29. The van der Waals surface area contributed by atoms with Crippen LogP contribution < -0.4 is 11.1 Å². The number of halogens is 1. The molecule has 0 saturated carbocycles. The van der Waals surface area contributed by atoms with E-state index in [1.165, 1.54) is 17.3 Å². The zero-order valence-corrected chi connectivity index (χ0v) is 14.2. The molecule has 0 aliphatic rings. The molecule has 1 aromatic carbocycles. The number of anilines is 2. The first kappa shape index (κ1) is 16.1. The second-order valence-electron chi connectivity index (χ2n) is 5.43. The number of aromatic nitrogens is 4. The molecule has 2 heterocycles. The first-order valence-electron chi connectivity index (χ1n) is 7.44. The molecule has 0 spiro atoms. The molecule has 3 aromatic rings. The summed E-state index contributed by atoms with van der Waals surface area (Å²) in [7, 11) is 0. The molecule has 0 unspecified atom stereocenters. The maximum Gasteiger partial charge on any atom is 0.222 e. The molecule has 0 aliphatic heterocycles. The van der Waals surface area contributed by atoms with Crippen LogP contribution in [0.3, 0.4) is 0 Å². The van der Waals surface area contributed by atoms with Crippen molar-refractivity contribution in [3.63, 3.8) is 0 Å². The van der Waals surface area contributed by atoms with Gasteiger partial charge in [0.1, 0.15) is 11.0 Å². The van der Waals surface area contributed by atoms with E-state index in [4.69, 9.17) is 17.3 Å². The Labute approximate surface area is 145 Å². The van der Waals surface area contributed by atoms with Gasteiger partial charge in [0.15, 0.2) is 0 Å². The number of benzene rings is 1. The summed E-state index contributed by atoms with van der Waals surface area (Å²) >= 11 is 5.73. The zero-order valence-electron chi connectivity index (χ0n) is 13.4. The number of hydrogen-bond donors (Lipinski definition) is 2. The van der Waals surface area contributed by atoms with E-state index < -0.39 is 0 Å². The van der Waals surface area contributed by atoms with Gasteiger partial charge >= 0.3 is 0 Å². The minimum atomic E-state index is 0.220. The van der Waals surface area contributed by atoms with Gasteiger partial charge in [0.05, 0.1) is 30.3 Å². The summed E-state index contributed by atoms with van der Waals surface area (Å²) < 4.78 is 0. The average molecular weight is 341 g/mol. The highest BCUT2D eigenvalue weighted by Crippen LogP contribution is 2.26. The molecule has 0 radical (unpaired) electrons. The van der Waals surface area contributed by atoms with E-state index in [0.717, 1.165) is 17.0 Å². The Morgan fingerprint density at radius 2 is 1.96 bits per heavy atom. The maximum atomic E-state index is 5.87. The number of nitrogen functional groups attached to an aromatic ring is 1. The van der Waals surface area contributed by atoms with Gasteiger partial charge in [-0.25, -0.2) is 9.97 Å². The molecule has 6 nitrogen and oxygen atoms in total. The molecule has 0 amide bonds. The van der Waals surface area contributed by atoms with E-state index in [0.29, 0.717) is 17.5 Å². The molecule has 24 heavy (non-hydrogen) atoms. The third-order valence-corrected chi connectivity index (χ3v) is 3.94. The molecular formula is C17H17ClN6. The van der Waals surface area contributed by atoms with Crippen molar-refractivity contribution < 1.29 is 0 Å². The van der Waals surface area contributed by atoms with Gasteiger partial charge in [-0.1, -0.05) is 29.8 Å². The van der Waals surface area contributed by atoms with Crippen molar-refractivity contribution in [3.05, 3.63) is 58.6 Å². The summed E-state index contributed by atoms with van der Waals surface area (Å²) in [6.45, 7) is 4.61. The number of nitrogens with two attached hydrogens (primary N) is 1. The normalized spacial score (nSPS) is 10.6. The van der Waals surface area contributed by atoms with Crippen LogP contribution in [0.2, 0.25) is 5.15 Å². The van der Waals surface area contributed by atoms with Crippen molar-refractivity contribution in [2.45, 2.75) is 20.4 Å². The van der Waals surface area contributed by atoms with E-state index >= 15 is 0 Å². The lowest BCUT2D eigenvalue weighted by Gasteiger charge is -2.11. The van der Waals surface area contributed by atoms with Gasteiger partial charge < -0.3 is 11.1 Å². The largest absolute Gasteiger partial charge is 0.368 e. The SMILES string of the molecule is Cc1cccc(-c2cc(NCc3cnc(Cl)cn3)nc(N)n2)c1C. The number of hydrogen-bond acceptors (Lipinski definition) is 6. The van der Waals surface area contributed by atoms with E-state index in [1.54, 1.807) is 6.20 Å². The molecule has 3 N–H and O–H groups in total. The van der Waals surface area contributed by atoms with Gasteiger partial charge in [-0.3, -0.25) is 4.98 Å². The van der Waals surface area contributed by atoms with Crippen molar-refractivity contribution in [1.29, 1.82) is 0 Å². The van der Waals surface area contributed by atoms with Gasteiger partial charge in [0.2, 0.25) is 5.95 Å². The Balaban J connectivity index is 1.86. The second-order valence-corrected chi connectivity index (χ2v) is 5.82. The number of nitrogens with zero attached hydrogens (tertiary/aromatic N) is 4. The third kappa shape index (κ3) is 3.60. The van der Waals surface area contributed by atoms with Gasteiger partial charge in [-0.2, -0.15) is 4.98 Å². The van der Waals surface area contributed by atoms with Crippen molar-refractivity contribution in [3.8, 4) is 11.3 Å². The summed E-state index contributed by atoms with van der Waals surface area (Å²) in [5, 5.41) is 3.55. The molecule has 7 heteroatoms. The zero-order chi connectivity index (χ0) is 17.1. The van der Waals surface area contributed by atoms with Crippen LogP contribution in [-0.4, -0.2) is 19.9 Å². The average Bonchev–Trinajstić information content (AvgIpc) is 2.56. The molecule has 0 atom stereocenters. The molecule has 3 rings (SSSR count). The van der Waals surface area contributed by atoms with E-state index in [1.807, 2.05) is 18.2 Å². The summed E-state index contributed by atoms with van der Waals surface area (Å²) in [5.41, 5.74) is 10.8. The summed E-state index contributed by atoms with van der Waals surface area (Å²) in [5.74, 6) is 0.855. The lowest BCUT2D eigenvalue weighted by molar-refractivity contribution is 0.994. The molecule has 2 aromatic heterocycles. The van der Waals surface area contributed by atoms with Gasteiger partial charge in [0.25, 0.3) is 0 Å². The fourth-order valence-corrected chi connectivity index (χ4v) is 2.43. The molecule has 122 valence electrons. The van der Waals surface area contributed by atoms with Crippen LogP contribution in [0.1, 0.15) is 16.8 Å². The lowest BCUT2D eigenvalue weighted by Crippen LogP contribution is -2.07. The fraction of sp³-hybridized carbons (Fsp3) is 0.176. The highest BCUT2D eigenvalue weighted by atomic mass is 35.5. The Morgan fingerprint density at radius 3 is 2.71 bits per heavy atom. The maximum absolute atomic E-state index is 5.87. The van der Waals surface area contributed by atoms with Gasteiger partial charge in [-0.05, 0) is 25.0 Å². The van der Waals surface area contributed by atoms with Crippen LogP contribution in [0.25, 0.3) is 11.3 Å². The van der Waals surface area contributed by atoms with Crippen molar-refractivity contribution in [1.82, 2.24) is 19.9 Å². The summed E-state index contributed by atoms with van der Waals surface area (Å²) in [6.07, 6.45) is 3.12. The van der Waals surface area contributed by atoms with Crippen LogP contribution in [-0.2, 0) is 6.54 Å². The van der Waals surface area contributed by atoms with Crippen LogP contribution in [0.4, 0.5) is 11.8 Å². The predicted octanol–water partition coefficient (Wildman–Crippen LogP) is 3.40. The quantitative estimate of drug-likeness (QED) is 0.756. The van der Waals surface area contributed by atoms with E-state index in [2.05, 4.69) is 45.2 Å². The number of nitrogens with one attached hydrogen (secondary N) is 1. The monoisotopic (exact) mass is 340 g/mol. The molecule has 0 aliphatic carbocycles. The van der Waals surface area contributed by atoms with Crippen LogP contribution >= 0.6 is 11.6 Å². The van der Waals surface area contributed by atoms with Crippen molar-refractivity contribution in [2.24, 2.45) is 0 Å². The van der Waals surface area contributed by atoms with Crippen LogP contribution in [0.5, 0.6) is 0 Å². The Bertz CT molecular complexity index is 863. The number of aryl methyl sites for hydroxylation is 1. The lowest BCUT2D eigenvalue weighted by atomic mass is 10.0. The smallest absolute Gasteiger partial charge is 0.222 e. The van der Waals surface area contributed by atoms with E-state index in [9.17, 15) is 0 Å². The number of rotatable bonds is 4. The summed E-state index contributed by atoms with van der Waals surface area (Å²) in [6, 6.07) is 7.98. The first-order valence-corrected chi connectivity index (χ1v) is 7.82. The van der Waals surface area contributed by atoms with Gasteiger partial charge in [-0.15, -0.1) is 0 Å². The second kappa shape index (κ2) is 6.80. The van der Waals surface area contributed by atoms with Crippen LogP contribution in [0.15, 0.2) is 36.7 Å². The molecule has 0 bridgehead atoms. The molecule has 0 fully saturated rings. The Kier molecular flexibility index (Phi) is 4.57. The van der Waals surface area contributed by atoms with Crippen LogP contribution in [0, 0.1) is 13.8 Å². The topological polar surface area (TPSA) is 89.6 Å². The molecular weight excluding hydrogens is 324 g/mol. The summed E-state index contributed by atoms with van der Waals surface area (Å²) in [4.78, 5) is 16.8. The predicted molar refractivity (Wildman–Crippen MR) is 95.7 cm³/mol. The van der Waals surface area contributed by atoms with Crippen molar-refractivity contribution >= 4 is 23.4 Å². The first-order chi connectivity index (χ1) is 11.5. The Hall–Kier alpha value is -2.73. The standard InChI is InChI=1S/C17H17ClN6/c1-10-4-3-5-13(11(10)2)14-6-16(24-17(19)23-14)22-8-12-7-21-15(18)9-20-12/h3-7,9H,8H2,1-2H3,(H3,19,22,23,24). The molecule has 0 saturated heterocycles. The Morgan fingerprint density at radius 1 is 1.12 bits per heavy atom. The van der Waals surface area contributed by atoms with Crippen molar-refractivity contribution in [2.75, 3.05) is 11.1 Å². The van der Waals surface area contributed by atoms with Gasteiger partial charge in [0, 0.05) is 11.6 Å². The minimum Gasteiger partial charge on any atom is -0.368 e. The van der Waals surface area contributed by atoms with E-state index in [-0.39, 0.29) is 5.95 Å².